The van der Waals surface area contributed by atoms with E-state index in [1.54, 1.807) is 0 Å². The molecule has 0 aromatic heterocycles. The van der Waals surface area contributed by atoms with E-state index in [1.165, 1.54) is 161 Å². The number of unbranched alkanes of at least 4 members (excludes halogenated alkanes) is 33. The molecule has 0 amide bonds. The molecule has 0 saturated carbocycles. The number of carbonyl (C=O) groups is 3. The van der Waals surface area contributed by atoms with E-state index >= 15 is 0 Å². The molecule has 0 aliphatic heterocycles. The summed E-state index contributed by atoms with van der Waals surface area (Å²) in [4.78, 5) is 38.2. The summed E-state index contributed by atoms with van der Waals surface area (Å²) in [5.41, 5.74) is 0. The van der Waals surface area contributed by atoms with Crippen LogP contribution in [0.1, 0.15) is 316 Å². The Morgan fingerprint density at radius 3 is 0.880 bits per heavy atom. The van der Waals surface area contributed by atoms with Crippen molar-refractivity contribution in [1.82, 2.24) is 0 Å². The number of carbonyl (C=O) groups excluding carboxylic acids is 3. The Bertz CT molecular complexity index is 1430. The van der Waals surface area contributed by atoms with Crippen molar-refractivity contribution < 1.29 is 28.6 Å². The van der Waals surface area contributed by atoms with Gasteiger partial charge in [-0.15, -0.1) is 0 Å². The number of hydrogen-bond donors (Lipinski definition) is 0. The van der Waals surface area contributed by atoms with E-state index in [0.717, 1.165) is 116 Å². The maximum absolute atomic E-state index is 12.9. The van der Waals surface area contributed by atoms with Gasteiger partial charge in [0.15, 0.2) is 6.10 Å². The lowest BCUT2D eigenvalue weighted by molar-refractivity contribution is -0.167. The predicted octanol–water partition coefficient (Wildman–Crippen LogP) is 21.9. The monoisotopic (exact) mass is 1040 g/mol. The summed E-state index contributed by atoms with van der Waals surface area (Å²) >= 11 is 0. The van der Waals surface area contributed by atoms with E-state index in [-0.39, 0.29) is 31.1 Å². The van der Waals surface area contributed by atoms with Gasteiger partial charge in [-0.2, -0.15) is 0 Å². The van der Waals surface area contributed by atoms with Crippen molar-refractivity contribution in [2.75, 3.05) is 13.2 Å². The number of hydrogen-bond acceptors (Lipinski definition) is 6. The summed E-state index contributed by atoms with van der Waals surface area (Å²) < 4.78 is 16.9. The molecule has 0 saturated heterocycles. The van der Waals surface area contributed by atoms with Crippen molar-refractivity contribution in [2.24, 2.45) is 0 Å². The lowest BCUT2D eigenvalue weighted by Crippen LogP contribution is -2.30. The van der Waals surface area contributed by atoms with Crippen LogP contribution in [0.15, 0.2) is 85.1 Å². The average molecular weight is 1050 g/mol. The normalized spacial score (nSPS) is 12.6. The second kappa shape index (κ2) is 63.1. The van der Waals surface area contributed by atoms with Gasteiger partial charge in [-0.1, -0.05) is 292 Å². The standard InChI is InChI=1S/C69H120O6/c1-4-7-10-13-16-19-22-24-26-28-30-32-33-34-35-36-37-38-40-41-43-45-47-50-53-56-59-62-68(71)74-65-66(64-73-67(70)61-58-55-52-49-21-18-15-12-9-6-3)75-69(72)63-60-57-54-51-48-46-44-42-39-31-29-27-25-23-20-17-14-11-8-5-2/h7,10,12,15-16,19,24,26,30,32,34-35,37-38,66H,4-6,8-9,11,13-14,17-18,20-23,25,27-29,31,33,36,39-65H2,1-3H3/b10-7-,15-12-,19-16-,26-24-,32-30-,35-34-,38-37-. The molecule has 0 aromatic carbocycles. The molecular formula is C69H120O6. The number of allylic oxidation sites excluding steroid dienone is 14. The first-order chi connectivity index (χ1) is 37.0. The molecule has 0 rings (SSSR count). The molecule has 0 spiro atoms. The van der Waals surface area contributed by atoms with Crippen molar-refractivity contribution in [3.8, 4) is 0 Å². The predicted molar refractivity (Wildman–Crippen MR) is 325 cm³/mol. The molecule has 0 bridgehead atoms. The van der Waals surface area contributed by atoms with Crippen molar-refractivity contribution in [3.63, 3.8) is 0 Å². The second-order valence-electron chi connectivity index (χ2n) is 21.3. The summed E-state index contributed by atoms with van der Waals surface area (Å²) in [6, 6.07) is 0. The van der Waals surface area contributed by atoms with E-state index in [2.05, 4.69) is 106 Å². The van der Waals surface area contributed by atoms with Gasteiger partial charge in [-0.25, -0.2) is 0 Å². The Labute approximate surface area is 465 Å². The van der Waals surface area contributed by atoms with Gasteiger partial charge < -0.3 is 14.2 Å². The third-order valence-corrected chi connectivity index (χ3v) is 13.9. The maximum Gasteiger partial charge on any atom is 0.306 e. The number of ether oxygens (including phenoxy) is 3. The van der Waals surface area contributed by atoms with Crippen LogP contribution in [0.2, 0.25) is 0 Å². The highest BCUT2D eigenvalue weighted by molar-refractivity contribution is 5.71. The zero-order chi connectivity index (χ0) is 54.3. The summed E-state index contributed by atoms with van der Waals surface area (Å²) in [5, 5.41) is 0. The first-order valence-corrected chi connectivity index (χ1v) is 32.1. The molecule has 75 heavy (non-hydrogen) atoms. The highest BCUT2D eigenvalue weighted by Gasteiger charge is 2.19. The lowest BCUT2D eigenvalue weighted by Gasteiger charge is -2.18. The first kappa shape index (κ1) is 71.6. The average Bonchev–Trinajstić information content (AvgIpc) is 3.41. The zero-order valence-corrected chi connectivity index (χ0v) is 49.6. The van der Waals surface area contributed by atoms with Crippen molar-refractivity contribution in [1.29, 1.82) is 0 Å². The third-order valence-electron chi connectivity index (χ3n) is 13.9. The van der Waals surface area contributed by atoms with Crippen molar-refractivity contribution in [2.45, 2.75) is 322 Å². The van der Waals surface area contributed by atoms with Crippen LogP contribution in [0.3, 0.4) is 0 Å². The molecule has 6 heteroatoms. The van der Waals surface area contributed by atoms with Gasteiger partial charge >= 0.3 is 17.9 Å². The maximum atomic E-state index is 12.9. The van der Waals surface area contributed by atoms with Gasteiger partial charge in [0.2, 0.25) is 0 Å². The third kappa shape index (κ3) is 61.3. The van der Waals surface area contributed by atoms with Crippen molar-refractivity contribution in [3.05, 3.63) is 85.1 Å². The van der Waals surface area contributed by atoms with Crippen LogP contribution in [-0.4, -0.2) is 37.2 Å². The fourth-order valence-electron chi connectivity index (χ4n) is 9.10. The van der Waals surface area contributed by atoms with E-state index in [1.807, 2.05) is 0 Å². The molecule has 6 nitrogen and oxygen atoms in total. The van der Waals surface area contributed by atoms with E-state index in [0.29, 0.717) is 19.3 Å². The Morgan fingerprint density at radius 2 is 0.547 bits per heavy atom. The fraction of sp³-hybridized carbons (Fsp3) is 0.754. The molecule has 1 atom stereocenters. The molecule has 0 aliphatic rings. The fourth-order valence-corrected chi connectivity index (χ4v) is 9.10. The molecule has 0 radical (unpaired) electrons. The van der Waals surface area contributed by atoms with Crippen molar-refractivity contribution >= 4 is 17.9 Å². The molecule has 0 N–H and O–H groups in total. The van der Waals surface area contributed by atoms with Gasteiger partial charge in [0.05, 0.1) is 0 Å². The summed E-state index contributed by atoms with van der Waals surface area (Å²) in [6.45, 7) is 6.49. The van der Waals surface area contributed by atoms with Crippen LogP contribution >= 0.6 is 0 Å². The summed E-state index contributed by atoms with van der Waals surface area (Å²) in [5.74, 6) is -0.886. The summed E-state index contributed by atoms with van der Waals surface area (Å²) in [6.07, 6.45) is 83.1. The number of rotatable bonds is 58. The quantitative estimate of drug-likeness (QED) is 0.0261. The van der Waals surface area contributed by atoms with Crippen LogP contribution in [0.4, 0.5) is 0 Å². The van der Waals surface area contributed by atoms with E-state index < -0.39 is 6.10 Å². The second-order valence-corrected chi connectivity index (χ2v) is 21.3. The minimum atomic E-state index is -0.782. The zero-order valence-electron chi connectivity index (χ0n) is 49.6. The minimum Gasteiger partial charge on any atom is -0.462 e. The van der Waals surface area contributed by atoms with E-state index in [4.69, 9.17) is 14.2 Å². The van der Waals surface area contributed by atoms with Gasteiger partial charge in [0.1, 0.15) is 13.2 Å². The van der Waals surface area contributed by atoms with Crippen LogP contribution in [0, 0.1) is 0 Å². The highest BCUT2D eigenvalue weighted by Crippen LogP contribution is 2.17. The molecule has 0 fully saturated rings. The number of esters is 3. The molecule has 1 unspecified atom stereocenters. The van der Waals surface area contributed by atoms with Crippen LogP contribution in [-0.2, 0) is 28.6 Å². The molecule has 0 aliphatic carbocycles. The molecule has 0 heterocycles. The SMILES string of the molecule is CC/C=C\C/C=C\C/C=C\C/C=C\C/C=C\C/C=C\CCCCCCCCCCC(=O)OCC(COC(=O)CCCCCCC/C=C\CCC)OC(=O)CCCCCCCCCCCCCCCCCCCCCC. The first-order valence-electron chi connectivity index (χ1n) is 32.1. The van der Waals surface area contributed by atoms with Crippen LogP contribution < -0.4 is 0 Å². The molecule has 432 valence electrons. The Kier molecular flexibility index (Phi) is 60.3. The topological polar surface area (TPSA) is 78.9 Å². The highest BCUT2D eigenvalue weighted by atomic mass is 16.6. The Hall–Kier alpha value is -3.41. The Morgan fingerprint density at radius 1 is 0.280 bits per heavy atom. The van der Waals surface area contributed by atoms with E-state index in [9.17, 15) is 14.4 Å². The Balaban J connectivity index is 4.25. The van der Waals surface area contributed by atoms with Gasteiger partial charge in [0, 0.05) is 19.3 Å². The van der Waals surface area contributed by atoms with Gasteiger partial charge in [0.25, 0.3) is 0 Å². The molecular weight excluding hydrogens is 925 g/mol. The lowest BCUT2D eigenvalue weighted by atomic mass is 10.0. The van der Waals surface area contributed by atoms with Gasteiger partial charge in [-0.3, -0.25) is 14.4 Å². The minimum absolute atomic E-state index is 0.0808. The van der Waals surface area contributed by atoms with Crippen LogP contribution in [0.5, 0.6) is 0 Å². The largest absolute Gasteiger partial charge is 0.462 e. The van der Waals surface area contributed by atoms with Gasteiger partial charge in [-0.05, 0) is 89.9 Å². The summed E-state index contributed by atoms with van der Waals surface area (Å²) in [7, 11) is 0. The molecule has 0 aromatic rings. The smallest absolute Gasteiger partial charge is 0.306 e. The van der Waals surface area contributed by atoms with Crippen LogP contribution in [0.25, 0.3) is 0 Å².